The second-order valence-electron chi connectivity index (χ2n) is 4.71. The minimum atomic E-state index is 0.421. The Labute approximate surface area is 96.2 Å². The predicted octanol–water partition coefficient (Wildman–Crippen LogP) is 2.62. The Morgan fingerprint density at radius 2 is 1.88 bits per heavy atom. The second kappa shape index (κ2) is 4.16. The van der Waals surface area contributed by atoms with Crippen molar-refractivity contribution in [2.75, 3.05) is 0 Å². The quantitative estimate of drug-likeness (QED) is 0.722. The lowest BCUT2D eigenvalue weighted by Gasteiger charge is -2.05. The third-order valence-electron chi connectivity index (χ3n) is 2.71. The molecule has 2 heterocycles. The zero-order valence-electron chi connectivity index (χ0n) is 10.3. The van der Waals surface area contributed by atoms with E-state index in [4.69, 9.17) is 0 Å². The van der Waals surface area contributed by atoms with Gasteiger partial charge in [-0.05, 0) is 19.8 Å². The molecule has 0 aromatic carbocycles. The third kappa shape index (κ3) is 2.03. The molecule has 0 bridgehead atoms. The summed E-state index contributed by atoms with van der Waals surface area (Å²) in [5.74, 6) is 0.421. The first kappa shape index (κ1) is 11.0. The van der Waals surface area contributed by atoms with Crippen LogP contribution in [0.3, 0.4) is 0 Å². The summed E-state index contributed by atoms with van der Waals surface area (Å²) >= 11 is 0. The molecule has 0 saturated heterocycles. The fourth-order valence-electron chi connectivity index (χ4n) is 1.59. The van der Waals surface area contributed by atoms with E-state index in [1.54, 1.807) is 0 Å². The number of nitrogens with zero attached hydrogens (tertiary/aromatic N) is 3. The van der Waals surface area contributed by atoms with Crippen LogP contribution < -0.4 is 4.57 Å². The van der Waals surface area contributed by atoms with Gasteiger partial charge < -0.3 is 0 Å². The Hall–Kier alpha value is -1.51. The molecular weight excluding hydrogens is 198 g/mol. The predicted molar refractivity (Wildman–Crippen MR) is 64.2 cm³/mol. The smallest absolute Gasteiger partial charge is 0.197 e. The molecule has 0 fully saturated rings. The van der Waals surface area contributed by atoms with Gasteiger partial charge in [-0.1, -0.05) is 13.8 Å². The number of hydrogen-bond donors (Lipinski definition) is 0. The van der Waals surface area contributed by atoms with Crippen LogP contribution in [0.5, 0.6) is 0 Å². The van der Waals surface area contributed by atoms with Gasteiger partial charge in [0.05, 0.1) is 5.69 Å². The van der Waals surface area contributed by atoms with Crippen molar-refractivity contribution in [2.24, 2.45) is 0 Å². The molecule has 2 aromatic rings. The van der Waals surface area contributed by atoms with Crippen molar-refractivity contribution in [2.45, 2.75) is 39.7 Å². The Morgan fingerprint density at radius 1 is 1.12 bits per heavy atom. The molecule has 0 aliphatic heterocycles. The lowest BCUT2D eigenvalue weighted by atomic mass is 10.1. The maximum absolute atomic E-state index is 4.63. The fourth-order valence-corrected chi connectivity index (χ4v) is 1.59. The van der Waals surface area contributed by atoms with Crippen LogP contribution in [0.15, 0.2) is 24.7 Å². The molecule has 0 spiro atoms. The van der Waals surface area contributed by atoms with E-state index in [9.17, 15) is 0 Å². The van der Waals surface area contributed by atoms with Crippen molar-refractivity contribution in [3.05, 3.63) is 30.4 Å². The topological polar surface area (TPSA) is 29.7 Å². The Bertz CT molecular complexity index is 461. The van der Waals surface area contributed by atoms with Gasteiger partial charge in [0.2, 0.25) is 0 Å². The van der Waals surface area contributed by atoms with Crippen LogP contribution in [0.25, 0.3) is 11.0 Å². The Balaban J connectivity index is 2.56. The molecule has 0 atom stereocenters. The van der Waals surface area contributed by atoms with Crippen LogP contribution in [0.1, 0.15) is 45.3 Å². The zero-order valence-corrected chi connectivity index (χ0v) is 10.3. The minimum Gasteiger partial charge on any atom is -0.252 e. The van der Waals surface area contributed by atoms with Crippen molar-refractivity contribution >= 4 is 11.0 Å². The van der Waals surface area contributed by atoms with E-state index in [0.29, 0.717) is 12.0 Å². The van der Waals surface area contributed by atoms with E-state index < -0.39 is 0 Å². The van der Waals surface area contributed by atoms with Crippen molar-refractivity contribution in [3.63, 3.8) is 0 Å². The van der Waals surface area contributed by atoms with Gasteiger partial charge in [-0.25, -0.2) is 9.55 Å². The van der Waals surface area contributed by atoms with E-state index >= 15 is 0 Å². The molecule has 0 radical (unpaired) electrons. The normalized spacial score (nSPS) is 11.6. The first-order valence-electron chi connectivity index (χ1n) is 5.75. The van der Waals surface area contributed by atoms with Gasteiger partial charge >= 0.3 is 0 Å². The highest BCUT2D eigenvalue weighted by Crippen LogP contribution is 2.13. The monoisotopic (exact) mass is 216 g/mol. The van der Waals surface area contributed by atoms with E-state index in [0.717, 1.165) is 16.7 Å². The molecular formula is C13H18N3+. The minimum absolute atomic E-state index is 0.421. The van der Waals surface area contributed by atoms with Gasteiger partial charge in [-0.3, -0.25) is 4.98 Å². The van der Waals surface area contributed by atoms with E-state index in [1.807, 2.05) is 12.3 Å². The fraction of sp³-hybridized carbons (Fsp3) is 0.462. The van der Waals surface area contributed by atoms with Crippen molar-refractivity contribution in [1.29, 1.82) is 0 Å². The molecule has 0 unspecified atom stereocenters. The first-order chi connectivity index (χ1) is 7.58. The van der Waals surface area contributed by atoms with Crippen LogP contribution in [-0.2, 0) is 0 Å². The van der Waals surface area contributed by atoms with E-state index in [2.05, 4.69) is 54.6 Å². The summed E-state index contributed by atoms with van der Waals surface area (Å²) in [6, 6.07) is 2.47. The molecule has 0 N–H and O–H groups in total. The van der Waals surface area contributed by atoms with Crippen LogP contribution in [0.2, 0.25) is 0 Å². The Morgan fingerprint density at radius 3 is 2.50 bits per heavy atom. The average molecular weight is 216 g/mol. The second-order valence-corrected chi connectivity index (χ2v) is 4.71. The molecule has 0 aliphatic carbocycles. The summed E-state index contributed by atoms with van der Waals surface area (Å²) in [4.78, 5) is 9.06. The highest BCUT2D eigenvalue weighted by molar-refractivity contribution is 5.71. The van der Waals surface area contributed by atoms with Crippen LogP contribution >= 0.6 is 0 Å². The number of aromatic nitrogens is 3. The third-order valence-corrected chi connectivity index (χ3v) is 2.71. The highest BCUT2D eigenvalue weighted by Gasteiger charge is 2.10. The van der Waals surface area contributed by atoms with Crippen LogP contribution in [0, 0.1) is 0 Å². The summed E-state index contributed by atoms with van der Waals surface area (Å²) < 4.78 is 2.15. The number of rotatable bonds is 2. The Kier molecular flexibility index (Phi) is 2.86. The van der Waals surface area contributed by atoms with Gasteiger partial charge in [0.25, 0.3) is 0 Å². The zero-order chi connectivity index (χ0) is 11.7. The molecule has 0 saturated carbocycles. The molecule has 16 heavy (non-hydrogen) atoms. The van der Waals surface area contributed by atoms with Crippen molar-refractivity contribution < 1.29 is 4.57 Å². The van der Waals surface area contributed by atoms with Crippen LogP contribution in [-0.4, -0.2) is 9.97 Å². The van der Waals surface area contributed by atoms with Crippen LogP contribution in [0.4, 0.5) is 0 Å². The highest BCUT2D eigenvalue weighted by atomic mass is 15.0. The maximum atomic E-state index is 4.63. The summed E-state index contributed by atoms with van der Waals surface area (Å²) in [5.41, 5.74) is 2.98. The van der Waals surface area contributed by atoms with E-state index in [-0.39, 0.29) is 0 Å². The van der Waals surface area contributed by atoms with Gasteiger partial charge in [-0.2, -0.15) is 0 Å². The lowest BCUT2D eigenvalue weighted by Crippen LogP contribution is -2.35. The summed E-state index contributed by atoms with van der Waals surface area (Å²) in [6.07, 6.45) is 5.99. The molecule has 0 aliphatic rings. The van der Waals surface area contributed by atoms with E-state index in [1.165, 1.54) is 0 Å². The van der Waals surface area contributed by atoms with Gasteiger partial charge in [0.15, 0.2) is 24.0 Å². The molecule has 84 valence electrons. The number of fused-ring (bicyclic) bond motifs is 1. The standard InChI is InChI=1S/C13H18N3/c1-9(2)12-7-14-11-5-6-16(10(3)4)8-13(11)15-12/h5-10H,1-4H3/q+1. The maximum Gasteiger partial charge on any atom is 0.197 e. The first-order valence-corrected chi connectivity index (χ1v) is 5.75. The molecule has 3 nitrogen and oxygen atoms in total. The number of pyridine rings is 1. The summed E-state index contributed by atoms with van der Waals surface area (Å²) in [6.45, 7) is 8.59. The van der Waals surface area contributed by atoms with Gasteiger partial charge in [0.1, 0.15) is 5.52 Å². The van der Waals surface area contributed by atoms with Gasteiger partial charge in [0, 0.05) is 12.3 Å². The lowest BCUT2D eigenvalue weighted by molar-refractivity contribution is -0.715. The summed E-state index contributed by atoms with van der Waals surface area (Å²) in [5, 5.41) is 0. The van der Waals surface area contributed by atoms with Crippen molar-refractivity contribution in [3.8, 4) is 0 Å². The van der Waals surface area contributed by atoms with Gasteiger partial charge in [-0.15, -0.1) is 0 Å². The number of hydrogen-bond acceptors (Lipinski definition) is 2. The largest absolute Gasteiger partial charge is 0.252 e. The molecule has 2 aromatic heterocycles. The average Bonchev–Trinajstić information content (AvgIpc) is 2.27. The SMILES string of the molecule is CC(C)c1cnc2cc[n+](C(C)C)cc2n1. The van der Waals surface area contributed by atoms with Crippen molar-refractivity contribution in [1.82, 2.24) is 9.97 Å². The molecule has 0 amide bonds. The summed E-state index contributed by atoms with van der Waals surface area (Å²) in [7, 11) is 0. The molecule has 2 rings (SSSR count). The molecule has 3 heteroatoms.